The standard InChI is InChI=1S/C10H10N2O3/c1-2-3-9(13)12-8-6-11-5-4-7(8)10(14)15/h2,4-6H,1,3H2,(H,12,13)(H,14,15). The van der Waals surface area contributed by atoms with Gasteiger partial charge in [-0.05, 0) is 6.07 Å². The summed E-state index contributed by atoms with van der Waals surface area (Å²) in [6.07, 6.45) is 4.22. The third kappa shape index (κ3) is 2.91. The number of carbonyl (C=O) groups excluding carboxylic acids is 1. The van der Waals surface area contributed by atoms with Gasteiger partial charge in [-0.1, -0.05) is 6.08 Å². The summed E-state index contributed by atoms with van der Waals surface area (Å²) in [5.74, 6) is -1.42. The molecule has 5 nitrogen and oxygen atoms in total. The van der Waals surface area contributed by atoms with E-state index in [1.807, 2.05) is 0 Å². The van der Waals surface area contributed by atoms with Gasteiger partial charge in [0.1, 0.15) is 0 Å². The van der Waals surface area contributed by atoms with Crippen molar-refractivity contribution < 1.29 is 14.7 Å². The van der Waals surface area contributed by atoms with Crippen molar-refractivity contribution in [3.63, 3.8) is 0 Å². The van der Waals surface area contributed by atoms with Crippen molar-refractivity contribution in [1.29, 1.82) is 0 Å². The lowest BCUT2D eigenvalue weighted by Crippen LogP contribution is -2.13. The zero-order chi connectivity index (χ0) is 11.3. The van der Waals surface area contributed by atoms with Crippen molar-refractivity contribution in [3.8, 4) is 0 Å². The number of aromatic nitrogens is 1. The maximum Gasteiger partial charge on any atom is 0.337 e. The number of hydrogen-bond donors (Lipinski definition) is 2. The zero-order valence-electron chi connectivity index (χ0n) is 7.93. The summed E-state index contributed by atoms with van der Waals surface area (Å²) in [4.78, 5) is 25.7. The molecular formula is C10H10N2O3. The average Bonchev–Trinajstić information content (AvgIpc) is 2.18. The third-order valence-corrected chi connectivity index (χ3v) is 1.66. The predicted molar refractivity (Wildman–Crippen MR) is 54.6 cm³/mol. The summed E-state index contributed by atoms with van der Waals surface area (Å²) in [7, 11) is 0. The van der Waals surface area contributed by atoms with Crippen LogP contribution < -0.4 is 5.32 Å². The molecule has 0 saturated carbocycles. The highest BCUT2D eigenvalue weighted by Crippen LogP contribution is 2.13. The van der Waals surface area contributed by atoms with Crippen LogP contribution in [0.2, 0.25) is 0 Å². The largest absolute Gasteiger partial charge is 0.478 e. The summed E-state index contributed by atoms with van der Waals surface area (Å²) in [5.41, 5.74) is 0.208. The van der Waals surface area contributed by atoms with Crippen molar-refractivity contribution >= 4 is 17.6 Å². The van der Waals surface area contributed by atoms with Crippen LogP contribution in [0, 0.1) is 0 Å². The number of nitrogens with zero attached hydrogens (tertiary/aromatic N) is 1. The molecule has 0 radical (unpaired) electrons. The fourth-order valence-electron chi connectivity index (χ4n) is 1.01. The molecule has 0 bridgehead atoms. The number of amides is 1. The van der Waals surface area contributed by atoms with Crippen molar-refractivity contribution in [2.45, 2.75) is 6.42 Å². The van der Waals surface area contributed by atoms with E-state index in [0.29, 0.717) is 0 Å². The molecule has 0 saturated heterocycles. The molecule has 0 aliphatic carbocycles. The fraction of sp³-hybridized carbons (Fsp3) is 0.100. The number of carbonyl (C=O) groups is 2. The van der Waals surface area contributed by atoms with Crippen molar-refractivity contribution in [2.24, 2.45) is 0 Å². The lowest BCUT2D eigenvalue weighted by molar-refractivity contribution is -0.115. The first-order valence-corrected chi connectivity index (χ1v) is 4.23. The van der Waals surface area contributed by atoms with Gasteiger partial charge in [-0.3, -0.25) is 9.78 Å². The molecule has 15 heavy (non-hydrogen) atoms. The first-order chi connectivity index (χ1) is 7.15. The van der Waals surface area contributed by atoms with Gasteiger partial charge in [0.05, 0.1) is 17.4 Å². The molecule has 0 aromatic carbocycles. The second-order valence-corrected chi connectivity index (χ2v) is 2.77. The summed E-state index contributed by atoms with van der Waals surface area (Å²) in [5, 5.41) is 11.2. The molecule has 0 aliphatic heterocycles. The normalized spacial score (nSPS) is 9.33. The highest BCUT2D eigenvalue weighted by atomic mass is 16.4. The molecule has 0 unspecified atom stereocenters. The average molecular weight is 206 g/mol. The number of carboxylic acids is 1. The second-order valence-electron chi connectivity index (χ2n) is 2.77. The molecule has 1 rings (SSSR count). The highest BCUT2D eigenvalue weighted by Gasteiger charge is 2.11. The second kappa shape index (κ2) is 4.90. The first-order valence-electron chi connectivity index (χ1n) is 4.23. The van der Waals surface area contributed by atoms with Crippen LogP contribution in [0.1, 0.15) is 16.8 Å². The van der Waals surface area contributed by atoms with E-state index in [2.05, 4.69) is 16.9 Å². The number of hydrogen-bond acceptors (Lipinski definition) is 3. The Balaban J connectivity index is 2.89. The predicted octanol–water partition coefficient (Wildman–Crippen LogP) is 1.29. The summed E-state index contributed by atoms with van der Waals surface area (Å²) in [6, 6.07) is 1.33. The van der Waals surface area contributed by atoms with Gasteiger partial charge in [0.25, 0.3) is 0 Å². The quantitative estimate of drug-likeness (QED) is 0.727. The minimum atomic E-state index is -1.11. The third-order valence-electron chi connectivity index (χ3n) is 1.66. The van der Waals surface area contributed by atoms with Gasteiger partial charge in [0.15, 0.2) is 0 Å². The SMILES string of the molecule is C=CCC(=O)Nc1cnccc1C(=O)O. The number of aromatic carboxylic acids is 1. The Labute approximate surface area is 86.5 Å². The molecule has 1 heterocycles. The van der Waals surface area contributed by atoms with Crippen LogP contribution in [0.4, 0.5) is 5.69 Å². The maximum atomic E-state index is 11.2. The molecule has 0 atom stereocenters. The Hall–Kier alpha value is -2.17. The minimum absolute atomic E-state index is 0.0161. The Morgan fingerprint density at radius 1 is 1.60 bits per heavy atom. The van der Waals surface area contributed by atoms with E-state index in [1.54, 1.807) is 0 Å². The topological polar surface area (TPSA) is 79.3 Å². The van der Waals surface area contributed by atoms with Gasteiger partial charge in [-0.25, -0.2) is 4.79 Å². The van der Waals surface area contributed by atoms with Gasteiger partial charge < -0.3 is 10.4 Å². The van der Waals surface area contributed by atoms with Crippen LogP contribution in [0.5, 0.6) is 0 Å². The monoisotopic (exact) mass is 206 g/mol. The van der Waals surface area contributed by atoms with E-state index in [9.17, 15) is 9.59 Å². The number of rotatable bonds is 4. The van der Waals surface area contributed by atoms with Gasteiger partial charge in [0, 0.05) is 12.6 Å². The van der Waals surface area contributed by atoms with Gasteiger partial charge >= 0.3 is 5.97 Å². The number of nitrogens with one attached hydrogen (secondary N) is 1. The van der Waals surface area contributed by atoms with E-state index in [-0.39, 0.29) is 23.6 Å². The van der Waals surface area contributed by atoms with Crippen molar-refractivity contribution in [2.75, 3.05) is 5.32 Å². The van der Waals surface area contributed by atoms with Crippen LogP contribution in [0.25, 0.3) is 0 Å². The van der Waals surface area contributed by atoms with Crippen LogP contribution in [-0.2, 0) is 4.79 Å². The van der Waals surface area contributed by atoms with E-state index >= 15 is 0 Å². The Bertz CT molecular complexity index is 401. The van der Waals surface area contributed by atoms with Crippen LogP contribution >= 0.6 is 0 Å². The molecule has 2 N–H and O–H groups in total. The van der Waals surface area contributed by atoms with Crippen molar-refractivity contribution in [3.05, 3.63) is 36.7 Å². The van der Waals surface area contributed by atoms with Crippen molar-refractivity contribution in [1.82, 2.24) is 4.98 Å². The van der Waals surface area contributed by atoms with E-state index in [0.717, 1.165) is 0 Å². The molecule has 5 heteroatoms. The summed E-state index contributed by atoms with van der Waals surface area (Å²) < 4.78 is 0. The number of pyridine rings is 1. The number of anilines is 1. The molecule has 0 fully saturated rings. The Morgan fingerprint density at radius 2 is 2.33 bits per heavy atom. The summed E-state index contributed by atoms with van der Waals surface area (Å²) in [6.45, 7) is 3.41. The minimum Gasteiger partial charge on any atom is -0.478 e. The Kier molecular flexibility index (Phi) is 3.56. The van der Waals surface area contributed by atoms with Crippen LogP contribution in [0.3, 0.4) is 0 Å². The van der Waals surface area contributed by atoms with E-state index in [4.69, 9.17) is 5.11 Å². The summed E-state index contributed by atoms with van der Waals surface area (Å²) >= 11 is 0. The lowest BCUT2D eigenvalue weighted by atomic mass is 10.2. The molecule has 1 aromatic heterocycles. The first kappa shape index (κ1) is 10.9. The molecule has 1 aromatic rings. The zero-order valence-corrected chi connectivity index (χ0v) is 7.93. The van der Waals surface area contributed by atoms with Gasteiger partial charge in [-0.2, -0.15) is 0 Å². The number of carboxylic acid groups (broad SMARTS) is 1. The molecule has 0 aliphatic rings. The van der Waals surface area contributed by atoms with Crippen LogP contribution in [-0.4, -0.2) is 22.0 Å². The fourth-order valence-corrected chi connectivity index (χ4v) is 1.01. The maximum absolute atomic E-state index is 11.2. The van der Waals surface area contributed by atoms with E-state index in [1.165, 1.54) is 24.5 Å². The molecular weight excluding hydrogens is 196 g/mol. The van der Waals surface area contributed by atoms with E-state index < -0.39 is 5.97 Å². The van der Waals surface area contributed by atoms with Gasteiger partial charge in [-0.15, -0.1) is 6.58 Å². The molecule has 78 valence electrons. The van der Waals surface area contributed by atoms with Crippen LogP contribution in [0.15, 0.2) is 31.1 Å². The highest BCUT2D eigenvalue weighted by molar-refractivity contribution is 6.00. The lowest BCUT2D eigenvalue weighted by Gasteiger charge is -2.05. The molecule has 1 amide bonds. The smallest absolute Gasteiger partial charge is 0.337 e. The van der Waals surface area contributed by atoms with Gasteiger partial charge in [0.2, 0.25) is 5.91 Å². The molecule has 0 spiro atoms. The Morgan fingerprint density at radius 3 is 2.93 bits per heavy atom.